The van der Waals surface area contributed by atoms with Gasteiger partial charge in [-0.3, -0.25) is 0 Å². The number of aromatic nitrogens is 1. The highest BCUT2D eigenvalue weighted by Crippen LogP contribution is 2.30. The highest BCUT2D eigenvalue weighted by atomic mass is 35.5. The van der Waals surface area contributed by atoms with E-state index in [1.165, 1.54) is 17.4 Å². The summed E-state index contributed by atoms with van der Waals surface area (Å²) in [5, 5.41) is 2.95. The van der Waals surface area contributed by atoms with Gasteiger partial charge < -0.3 is 5.73 Å². The number of thiazole rings is 1. The molecule has 0 aliphatic rings. The number of nitrogens with two attached hydrogens (primary N) is 1. The van der Waals surface area contributed by atoms with Crippen LogP contribution >= 0.6 is 22.9 Å². The third kappa shape index (κ3) is 2.97. The standard InChI is InChI=1S/C16H12ClFN2S/c17-13-7-11(4-5-14(13)18)15-9-21-16(20-15)12-3-1-2-10(6-12)8-19/h1-7,9H,8,19H2. The lowest BCUT2D eigenvalue weighted by atomic mass is 10.1. The van der Waals surface area contributed by atoms with Crippen LogP contribution in [0.5, 0.6) is 0 Å². The van der Waals surface area contributed by atoms with Crippen molar-refractivity contribution in [1.82, 2.24) is 4.98 Å². The number of nitrogens with zero attached hydrogens (tertiary/aromatic N) is 1. The van der Waals surface area contributed by atoms with Gasteiger partial charge in [0.2, 0.25) is 0 Å². The maximum absolute atomic E-state index is 13.2. The van der Waals surface area contributed by atoms with Gasteiger partial charge in [-0.1, -0.05) is 29.8 Å². The van der Waals surface area contributed by atoms with E-state index in [9.17, 15) is 4.39 Å². The van der Waals surface area contributed by atoms with Gasteiger partial charge in [0, 0.05) is 23.1 Å². The molecule has 0 saturated carbocycles. The molecule has 0 aliphatic heterocycles. The van der Waals surface area contributed by atoms with E-state index in [1.54, 1.807) is 12.1 Å². The zero-order valence-corrected chi connectivity index (χ0v) is 12.6. The van der Waals surface area contributed by atoms with Crippen LogP contribution in [0.25, 0.3) is 21.8 Å². The van der Waals surface area contributed by atoms with Crippen molar-refractivity contribution in [3.8, 4) is 21.8 Å². The van der Waals surface area contributed by atoms with Crippen molar-refractivity contribution >= 4 is 22.9 Å². The van der Waals surface area contributed by atoms with E-state index in [2.05, 4.69) is 4.98 Å². The Hall–Kier alpha value is -1.75. The van der Waals surface area contributed by atoms with Crippen molar-refractivity contribution in [2.24, 2.45) is 5.73 Å². The summed E-state index contributed by atoms with van der Waals surface area (Å²) in [7, 11) is 0. The molecule has 2 N–H and O–H groups in total. The molecule has 0 fully saturated rings. The monoisotopic (exact) mass is 318 g/mol. The highest BCUT2D eigenvalue weighted by Gasteiger charge is 2.09. The van der Waals surface area contributed by atoms with Gasteiger partial charge in [0.25, 0.3) is 0 Å². The Bertz CT molecular complexity index is 785. The Labute approximate surface area is 131 Å². The van der Waals surface area contributed by atoms with Gasteiger partial charge in [0.1, 0.15) is 10.8 Å². The summed E-state index contributed by atoms with van der Waals surface area (Å²) >= 11 is 7.35. The van der Waals surface area contributed by atoms with Crippen LogP contribution in [0.4, 0.5) is 4.39 Å². The minimum atomic E-state index is -0.425. The molecule has 106 valence electrons. The zero-order chi connectivity index (χ0) is 14.8. The number of hydrogen-bond acceptors (Lipinski definition) is 3. The van der Waals surface area contributed by atoms with Gasteiger partial charge in [-0.15, -0.1) is 11.3 Å². The van der Waals surface area contributed by atoms with E-state index in [0.29, 0.717) is 6.54 Å². The molecule has 0 atom stereocenters. The molecule has 1 aromatic heterocycles. The molecule has 3 rings (SSSR count). The van der Waals surface area contributed by atoms with Gasteiger partial charge in [-0.25, -0.2) is 9.37 Å². The van der Waals surface area contributed by atoms with E-state index >= 15 is 0 Å². The first kappa shape index (κ1) is 14.2. The van der Waals surface area contributed by atoms with Gasteiger partial charge in [-0.2, -0.15) is 0 Å². The van der Waals surface area contributed by atoms with Crippen molar-refractivity contribution in [2.75, 3.05) is 0 Å². The predicted octanol–water partition coefficient (Wildman–Crippen LogP) is 4.73. The van der Waals surface area contributed by atoms with E-state index in [4.69, 9.17) is 17.3 Å². The smallest absolute Gasteiger partial charge is 0.141 e. The maximum Gasteiger partial charge on any atom is 0.141 e. The summed E-state index contributed by atoms with van der Waals surface area (Å²) in [6.07, 6.45) is 0. The molecule has 0 unspecified atom stereocenters. The third-order valence-corrected chi connectivity index (χ3v) is 4.31. The molecule has 2 aromatic carbocycles. The highest BCUT2D eigenvalue weighted by molar-refractivity contribution is 7.13. The van der Waals surface area contributed by atoms with Gasteiger partial charge in [0.05, 0.1) is 10.7 Å². The lowest BCUT2D eigenvalue weighted by molar-refractivity contribution is 0.628. The largest absolute Gasteiger partial charge is 0.326 e. The van der Waals surface area contributed by atoms with E-state index in [0.717, 1.165) is 27.4 Å². The van der Waals surface area contributed by atoms with Crippen LogP contribution in [0.15, 0.2) is 47.8 Å². The normalized spacial score (nSPS) is 10.8. The molecule has 5 heteroatoms. The second-order valence-electron chi connectivity index (χ2n) is 4.57. The molecule has 0 spiro atoms. The minimum Gasteiger partial charge on any atom is -0.326 e. The van der Waals surface area contributed by atoms with E-state index < -0.39 is 5.82 Å². The molecular formula is C16H12ClFN2S. The van der Waals surface area contributed by atoms with E-state index in [1.807, 2.05) is 29.6 Å². The quantitative estimate of drug-likeness (QED) is 0.758. The Morgan fingerprint density at radius 2 is 2.00 bits per heavy atom. The second kappa shape index (κ2) is 5.93. The van der Waals surface area contributed by atoms with Crippen molar-refractivity contribution < 1.29 is 4.39 Å². The minimum absolute atomic E-state index is 0.104. The number of hydrogen-bond donors (Lipinski definition) is 1. The summed E-state index contributed by atoms with van der Waals surface area (Å²) in [4.78, 5) is 4.59. The van der Waals surface area contributed by atoms with Crippen LogP contribution in [-0.2, 0) is 6.54 Å². The van der Waals surface area contributed by atoms with Crippen LogP contribution in [0, 0.1) is 5.82 Å². The Kier molecular flexibility index (Phi) is 4.01. The fraction of sp³-hybridized carbons (Fsp3) is 0.0625. The topological polar surface area (TPSA) is 38.9 Å². The van der Waals surface area contributed by atoms with Crippen LogP contribution in [0.1, 0.15) is 5.56 Å². The lowest BCUT2D eigenvalue weighted by Gasteiger charge is -2.01. The molecule has 0 amide bonds. The summed E-state index contributed by atoms with van der Waals surface area (Å²) in [5.41, 5.74) is 9.34. The van der Waals surface area contributed by atoms with Crippen LogP contribution in [0.3, 0.4) is 0 Å². The molecule has 1 heterocycles. The average Bonchev–Trinajstić information content (AvgIpc) is 3.00. The maximum atomic E-state index is 13.2. The molecular weight excluding hydrogens is 307 g/mol. The predicted molar refractivity (Wildman–Crippen MR) is 85.8 cm³/mol. The summed E-state index contributed by atoms with van der Waals surface area (Å²) in [5.74, 6) is -0.425. The first-order valence-electron chi connectivity index (χ1n) is 6.37. The molecule has 0 aliphatic carbocycles. The molecule has 3 aromatic rings. The van der Waals surface area contributed by atoms with Crippen molar-refractivity contribution in [2.45, 2.75) is 6.54 Å². The van der Waals surface area contributed by atoms with Crippen molar-refractivity contribution in [3.63, 3.8) is 0 Å². The number of rotatable bonds is 3. The zero-order valence-electron chi connectivity index (χ0n) is 11.0. The average molecular weight is 319 g/mol. The molecule has 0 bridgehead atoms. The van der Waals surface area contributed by atoms with Gasteiger partial charge >= 0.3 is 0 Å². The molecule has 21 heavy (non-hydrogen) atoms. The first-order chi connectivity index (χ1) is 10.2. The molecule has 0 radical (unpaired) electrons. The van der Waals surface area contributed by atoms with Gasteiger partial charge in [0.15, 0.2) is 0 Å². The fourth-order valence-electron chi connectivity index (χ4n) is 2.03. The van der Waals surface area contributed by atoms with Crippen molar-refractivity contribution in [3.05, 3.63) is 64.2 Å². The van der Waals surface area contributed by atoms with Gasteiger partial charge in [-0.05, 0) is 29.8 Å². The summed E-state index contributed by atoms with van der Waals surface area (Å²) in [6.45, 7) is 0.500. The number of halogens is 2. The van der Waals surface area contributed by atoms with Crippen LogP contribution in [-0.4, -0.2) is 4.98 Å². The third-order valence-electron chi connectivity index (χ3n) is 3.13. The lowest BCUT2D eigenvalue weighted by Crippen LogP contribution is -1.95. The molecule has 0 saturated heterocycles. The fourth-order valence-corrected chi connectivity index (χ4v) is 3.03. The number of benzene rings is 2. The molecule has 2 nitrogen and oxygen atoms in total. The van der Waals surface area contributed by atoms with Crippen LogP contribution < -0.4 is 5.73 Å². The van der Waals surface area contributed by atoms with Crippen molar-refractivity contribution in [1.29, 1.82) is 0 Å². The second-order valence-corrected chi connectivity index (χ2v) is 5.84. The Balaban J connectivity index is 1.97. The summed E-state index contributed by atoms with van der Waals surface area (Å²) in [6, 6.07) is 12.6. The summed E-state index contributed by atoms with van der Waals surface area (Å²) < 4.78 is 13.2. The van der Waals surface area contributed by atoms with E-state index in [-0.39, 0.29) is 5.02 Å². The Morgan fingerprint density at radius 1 is 1.14 bits per heavy atom. The SMILES string of the molecule is NCc1cccc(-c2nc(-c3ccc(F)c(Cl)c3)cs2)c1. The Morgan fingerprint density at radius 3 is 2.76 bits per heavy atom. The van der Waals surface area contributed by atoms with Crippen LogP contribution in [0.2, 0.25) is 5.02 Å². The first-order valence-corrected chi connectivity index (χ1v) is 7.63.